The van der Waals surface area contributed by atoms with Crippen LogP contribution < -0.4 is 10.2 Å². The van der Waals surface area contributed by atoms with Gasteiger partial charge in [-0.25, -0.2) is 4.98 Å². The van der Waals surface area contributed by atoms with Gasteiger partial charge in [0.2, 0.25) is 5.91 Å². The third-order valence-electron chi connectivity index (χ3n) is 5.51. The van der Waals surface area contributed by atoms with Gasteiger partial charge in [-0.1, -0.05) is 29.8 Å². The molecule has 1 saturated heterocycles. The van der Waals surface area contributed by atoms with Gasteiger partial charge >= 0.3 is 0 Å². The Kier molecular flexibility index (Phi) is 5.84. The Morgan fingerprint density at radius 3 is 2.77 bits per heavy atom. The van der Waals surface area contributed by atoms with Gasteiger partial charge in [0.1, 0.15) is 6.04 Å². The Morgan fingerprint density at radius 1 is 1.30 bits per heavy atom. The molecule has 3 atom stereocenters. The largest absolute Gasteiger partial charge is 0.333 e. The molecule has 7 heteroatoms. The van der Waals surface area contributed by atoms with Crippen molar-refractivity contribution in [2.24, 2.45) is 0 Å². The summed E-state index contributed by atoms with van der Waals surface area (Å²) in [6.45, 7) is 2.55. The van der Waals surface area contributed by atoms with Crippen LogP contribution in [-0.4, -0.2) is 34.1 Å². The molecule has 1 aliphatic heterocycles. The number of nitrogens with zero attached hydrogens (tertiary/aromatic N) is 4. The van der Waals surface area contributed by atoms with Gasteiger partial charge in [0.25, 0.3) is 0 Å². The van der Waals surface area contributed by atoms with Crippen LogP contribution in [0.25, 0.3) is 0 Å². The maximum absolute atomic E-state index is 13.4. The average molecular weight is 420 g/mol. The summed E-state index contributed by atoms with van der Waals surface area (Å²) in [5.74, 6) is 0.00884. The van der Waals surface area contributed by atoms with Crippen LogP contribution in [0.3, 0.4) is 0 Å². The lowest BCUT2D eigenvalue weighted by molar-refractivity contribution is -0.123. The Morgan fingerprint density at radius 2 is 2.10 bits per heavy atom. The number of nitriles is 1. The SMILES string of the molecule is CC(C1NC(Cc2ccc(C#N)cc2)CN(c2cccc(Cl)c2)C1=O)n1ccnc1. The van der Waals surface area contributed by atoms with Gasteiger partial charge in [-0.15, -0.1) is 0 Å². The van der Waals surface area contributed by atoms with Crippen LogP contribution in [0.5, 0.6) is 0 Å². The van der Waals surface area contributed by atoms with E-state index in [0.29, 0.717) is 17.1 Å². The monoisotopic (exact) mass is 419 g/mol. The first-order valence-electron chi connectivity index (χ1n) is 9.84. The molecule has 0 aliphatic carbocycles. The van der Waals surface area contributed by atoms with Crippen molar-refractivity contribution in [1.82, 2.24) is 14.9 Å². The van der Waals surface area contributed by atoms with Crippen LogP contribution in [0.2, 0.25) is 5.02 Å². The number of nitrogens with one attached hydrogen (secondary N) is 1. The van der Waals surface area contributed by atoms with Crippen molar-refractivity contribution >= 4 is 23.2 Å². The predicted octanol–water partition coefficient (Wildman–Crippen LogP) is 3.59. The molecule has 4 rings (SSSR count). The van der Waals surface area contributed by atoms with Gasteiger partial charge in [-0.3, -0.25) is 10.1 Å². The second-order valence-electron chi connectivity index (χ2n) is 7.53. The number of carbonyl (C=O) groups excluding carboxylic acids is 1. The highest BCUT2D eigenvalue weighted by atomic mass is 35.5. The molecule has 1 amide bonds. The lowest BCUT2D eigenvalue weighted by atomic mass is 9.97. The fourth-order valence-electron chi connectivity index (χ4n) is 3.88. The van der Waals surface area contributed by atoms with Crippen molar-refractivity contribution in [3.63, 3.8) is 0 Å². The van der Waals surface area contributed by atoms with Crippen molar-refractivity contribution in [3.05, 3.63) is 83.4 Å². The summed E-state index contributed by atoms with van der Waals surface area (Å²) >= 11 is 6.19. The molecule has 0 spiro atoms. The molecule has 30 heavy (non-hydrogen) atoms. The smallest absolute Gasteiger partial charge is 0.246 e. The van der Waals surface area contributed by atoms with E-state index >= 15 is 0 Å². The van der Waals surface area contributed by atoms with Gasteiger partial charge in [0.15, 0.2) is 0 Å². The van der Waals surface area contributed by atoms with Crippen molar-refractivity contribution in [1.29, 1.82) is 5.26 Å². The molecule has 2 aromatic carbocycles. The highest BCUT2D eigenvalue weighted by Gasteiger charge is 2.38. The normalized spacial score (nSPS) is 20.0. The fraction of sp³-hybridized carbons (Fsp3) is 0.261. The molecule has 1 aliphatic rings. The molecular formula is C23H22ClN5O. The summed E-state index contributed by atoms with van der Waals surface area (Å²) in [5, 5.41) is 13.2. The third kappa shape index (κ3) is 4.23. The van der Waals surface area contributed by atoms with E-state index < -0.39 is 6.04 Å². The summed E-state index contributed by atoms with van der Waals surface area (Å²) in [7, 11) is 0. The van der Waals surface area contributed by atoms with E-state index in [4.69, 9.17) is 16.9 Å². The maximum Gasteiger partial charge on any atom is 0.246 e. The Hall–Kier alpha value is -3.14. The van der Waals surface area contributed by atoms with Crippen LogP contribution in [0.1, 0.15) is 24.1 Å². The molecule has 6 nitrogen and oxygen atoms in total. The third-order valence-corrected chi connectivity index (χ3v) is 5.75. The molecule has 0 saturated carbocycles. The van der Waals surface area contributed by atoms with Crippen molar-refractivity contribution < 1.29 is 4.79 Å². The summed E-state index contributed by atoms with van der Waals surface area (Å²) in [5.41, 5.74) is 2.54. The van der Waals surface area contributed by atoms with Crippen LogP contribution in [-0.2, 0) is 11.2 Å². The zero-order valence-electron chi connectivity index (χ0n) is 16.6. The second kappa shape index (κ2) is 8.70. The minimum atomic E-state index is -0.407. The van der Waals surface area contributed by atoms with Gasteiger partial charge < -0.3 is 9.47 Å². The topological polar surface area (TPSA) is 74.0 Å². The van der Waals surface area contributed by atoms with Crippen LogP contribution >= 0.6 is 11.6 Å². The number of halogens is 1. The van der Waals surface area contributed by atoms with Crippen molar-refractivity contribution in [2.45, 2.75) is 31.5 Å². The molecule has 152 valence electrons. The van der Waals surface area contributed by atoms with Crippen molar-refractivity contribution in [2.75, 3.05) is 11.4 Å². The number of amides is 1. The van der Waals surface area contributed by atoms with Gasteiger partial charge in [-0.05, 0) is 49.2 Å². The molecular weight excluding hydrogens is 398 g/mol. The van der Waals surface area contributed by atoms with E-state index in [1.54, 1.807) is 18.6 Å². The number of carbonyl (C=O) groups is 1. The number of hydrogen-bond donors (Lipinski definition) is 1. The summed E-state index contributed by atoms with van der Waals surface area (Å²) in [6.07, 6.45) is 6.05. The van der Waals surface area contributed by atoms with Gasteiger partial charge in [0.05, 0.1) is 24.0 Å². The summed E-state index contributed by atoms with van der Waals surface area (Å²) < 4.78 is 1.94. The molecule has 3 unspecified atom stereocenters. The minimum Gasteiger partial charge on any atom is -0.333 e. The molecule has 0 radical (unpaired) electrons. The number of benzene rings is 2. The molecule has 0 bridgehead atoms. The fourth-order valence-corrected chi connectivity index (χ4v) is 4.07. The van der Waals surface area contributed by atoms with E-state index in [1.165, 1.54) is 0 Å². The molecule has 1 N–H and O–H groups in total. The van der Waals surface area contributed by atoms with E-state index in [1.807, 2.05) is 65.1 Å². The van der Waals surface area contributed by atoms with E-state index in [0.717, 1.165) is 17.7 Å². The first kappa shape index (κ1) is 20.1. The Bertz CT molecular complexity index is 1060. The lowest BCUT2D eigenvalue weighted by Crippen LogP contribution is -2.63. The standard InChI is InChI=1S/C23H22ClN5O/c1-16(28-10-9-26-15-28)22-23(30)29(21-4-2-3-19(24)12-21)14-20(27-22)11-17-5-7-18(13-25)8-6-17/h2-10,12,15-16,20,22,27H,11,14H2,1H3. The number of piperazine rings is 1. The predicted molar refractivity (Wildman–Crippen MR) is 116 cm³/mol. The number of anilines is 1. The number of aromatic nitrogens is 2. The lowest BCUT2D eigenvalue weighted by Gasteiger charge is -2.41. The van der Waals surface area contributed by atoms with E-state index in [2.05, 4.69) is 16.4 Å². The summed E-state index contributed by atoms with van der Waals surface area (Å²) in [4.78, 5) is 19.3. The van der Waals surface area contributed by atoms with E-state index in [-0.39, 0.29) is 18.0 Å². The highest BCUT2D eigenvalue weighted by Crippen LogP contribution is 2.26. The molecule has 3 aromatic rings. The Balaban J connectivity index is 1.63. The summed E-state index contributed by atoms with van der Waals surface area (Å²) in [6, 6.07) is 16.7. The first-order chi connectivity index (χ1) is 14.5. The van der Waals surface area contributed by atoms with Gasteiger partial charge in [-0.2, -0.15) is 5.26 Å². The number of rotatable bonds is 5. The number of hydrogen-bond acceptors (Lipinski definition) is 4. The zero-order chi connectivity index (χ0) is 21.1. The second-order valence-corrected chi connectivity index (χ2v) is 7.97. The number of imidazole rings is 1. The first-order valence-corrected chi connectivity index (χ1v) is 10.2. The van der Waals surface area contributed by atoms with Crippen molar-refractivity contribution in [3.8, 4) is 6.07 Å². The molecule has 1 fully saturated rings. The van der Waals surface area contributed by atoms with Crippen LogP contribution in [0.15, 0.2) is 67.3 Å². The van der Waals surface area contributed by atoms with E-state index in [9.17, 15) is 4.79 Å². The molecule has 1 aromatic heterocycles. The molecule has 2 heterocycles. The quantitative estimate of drug-likeness (QED) is 0.685. The average Bonchev–Trinajstić information content (AvgIpc) is 3.30. The van der Waals surface area contributed by atoms with Crippen LogP contribution in [0, 0.1) is 11.3 Å². The maximum atomic E-state index is 13.4. The Labute approximate surface area is 180 Å². The minimum absolute atomic E-state index is 0.00884. The van der Waals surface area contributed by atoms with Crippen LogP contribution in [0.4, 0.5) is 5.69 Å². The highest BCUT2D eigenvalue weighted by molar-refractivity contribution is 6.30. The van der Waals surface area contributed by atoms with Gasteiger partial charge in [0, 0.05) is 35.7 Å². The zero-order valence-corrected chi connectivity index (χ0v) is 17.3.